The van der Waals surface area contributed by atoms with Crippen LogP contribution in [0.1, 0.15) is 99.2 Å². The molecule has 0 aliphatic heterocycles. The molecule has 5 aliphatic carbocycles. The van der Waals surface area contributed by atoms with Crippen LogP contribution >= 0.6 is 0 Å². The van der Waals surface area contributed by atoms with Crippen LogP contribution in [0.5, 0.6) is 0 Å². The SMILES string of the molecule is CC1(C)C2=C(CCC(c3ccc4c(c3)C(C)(C)c3ccccc3-4)=C2)c2ccc(-c3ccc4c(c3)C(C)(C)C3C=CC=CC43)cc21. The second-order valence-corrected chi connectivity index (χ2v) is 15.7. The maximum absolute atomic E-state index is 2.55. The summed E-state index contributed by atoms with van der Waals surface area (Å²) in [4.78, 5) is 0. The van der Waals surface area contributed by atoms with Crippen molar-refractivity contribution in [3.8, 4) is 22.3 Å². The molecule has 0 radical (unpaired) electrons. The van der Waals surface area contributed by atoms with Crippen LogP contribution in [-0.2, 0) is 16.2 Å². The third-order valence-corrected chi connectivity index (χ3v) is 12.3. The monoisotopic (exact) mass is 582 g/mol. The minimum Gasteiger partial charge on any atom is -0.0796 e. The lowest BCUT2D eigenvalue weighted by molar-refractivity contribution is 0.394. The Bertz CT molecular complexity index is 2080. The normalized spacial score (nSPS) is 23.6. The number of allylic oxidation sites excluding steroid dienone is 8. The Hall–Kier alpha value is -4.16. The third-order valence-electron chi connectivity index (χ3n) is 12.3. The first-order chi connectivity index (χ1) is 21.6. The summed E-state index contributed by atoms with van der Waals surface area (Å²) < 4.78 is 0. The van der Waals surface area contributed by atoms with Crippen LogP contribution in [-0.4, -0.2) is 0 Å². The summed E-state index contributed by atoms with van der Waals surface area (Å²) in [6, 6.07) is 30.8. The molecule has 0 N–H and O–H groups in total. The van der Waals surface area contributed by atoms with Crippen molar-refractivity contribution in [2.24, 2.45) is 5.92 Å². The molecule has 45 heavy (non-hydrogen) atoms. The van der Waals surface area contributed by atoms with Crippen LogP contribution in [0.15, 0.2) is 115 Å². The van der Waals surface area contributed by atoms with E-state index in [0.717, 1.165) is 12.8 Å². The summed E-state index contributed by atoms with van der Waals surface area (Å²) in [5.41, 5.74) is 20.4. The number of hydrogen-bond acceptors (Lipinski definition) is 0. The molecular formula is C45H42. The first-order valence-corrected chi connectivity index (χ1v) is 16.9. The van der Waals surface area contributed by atoms with E-state index in [1.807, 2.05) is 0 Å². The van der Waals surface area contributed by atoms with Gasteiger partial charge in [-0.25, -0.2) is 0 Å². The van der Waals surface area contributed by atoms with Gasteiger partial charge in [0.25, 0.3) is 0 Å². The van der Waals surface area contributed by atoms with Crippen molar-refractivity contribution in [1.82, 2.24) is 0 Å². The van der Waals surface area contributed by atoms with Crippen molar-refractivity contribution in [1.29, 1.82) is 0 Å². The van der Waals surface area contributed by atoms with E-state index in [2.05, 4.69) is 151 Å². The molecule has 0 amide bonds. The Morgan fingerprint density at radius 1 is 0.556 bits per heavy atom. The van der Waals surface area contributed by atoms with E-state index < -0.39 is 0 Å². The molecule has 2 atom stereocenters. The minimum atomic E-state index is -0.0287. The van der Waals surface area contributed by atoms with Crippen LogP contribution < -0.4 is 0 Å². The molecule has 0 aromatic heterocycles. The summed E-state index contributed by atoms with van der Waals surface area (Å²) in [5.74, 6) is 1.03. The fourth-order valence-electron chi connectivity index (χ4n) is 9.70. The van der Waals surface area contributed by atoms with E-state index in [0.29, 0.717) is 11.8 Å². The maximum atomic E-state index is 2.55. The highest BCUT2D eigenvalue weighted by Gasteiger charge is 2.45. The van der Waals surface area contributed by atoms with Gasteiger partial charge in [-0.05, 0) is 114 Å². The van der Waals surface area contributed by atoms with Gasteiger partial charge < -0.3 is 0 Å². The Balaban J connectivity index is 1.07. The van der Waals surface area contributed by atoms with Crippen molar-refractivity contribution in [3.63, 3.8) is 0 Å². The molecule has 0 heteroatoms. The third kappa shape index (κ3) is 3.60. The highest BCUT2D eigenvalue weighted by Crippen LogP contribution is 2.56. The second kappa shape index (κ2) is 8.97. The highest BCUT2D eigenvalue weighted by molar-refractivity contribution is 5.91. The van der Waals surface area contributed by atoms with Crippen LogP contribution in [0.3, 0.4) is 0 Å². The van der Waals surface area contributed by atoms with E-state index in [-0.39, 0.29) is 16.2 Å². The van der Waals surface area contributed by atoms with Gasteiger partial charge in [-0.1, -0.05) is 139 Å². The summed E-state index contributed by atoms with van der Waals surface area (Å²) in [5, 5.41) is 0. The van der Waals surface area contributed by atoms with E-state index in [4.69, 9.17) is 0 Å². The second-order valence-electron chi connectivity index (χ2n) is 15.7. The Kier molecular flexibility index (Phi) is 5.42. The lowest BCUT2D eigenvalue weighted by Gasteiger charge is -2.29. The lowest BCUT2D eigenvalue weighted by atomic mass is 9.74. The molecule has 0 saturated carbocycles. The van der Waals surface area contributed by atoms with Gasteiger partial charge in [0.2, 0.25) is 0 Å². The first-order valence-electron chi connectivity index (χ1n) is 16.9. The Labute approximate surface area is 268 Å². The van der Waals surface area contributed by atoms with Crippen molar-refractivity contribution in [2.45, 2.75) is 76.5 Å². The average Bonchev–Trinajstić information content (AvgIpc) is 3.53. The largest absolute Gasteiger partial charge is 0.0796 e. The fourth-order valence-corrected chi connectivity index (χ4v) is 9.70. The Morgan fingerprint density at radius 2 is 1.20 bits per heavy atom. The Morgan fingerprint density at radius 3 is 2.04 bits per heavy atom. The molecule has 9 rings (SSSR count). The van der Waals surface area contributed by atoms with Crippen molar-refractivity contribution in [3.05, 3.63) is 154 Å². The number of rotatable bonds is 2. The van der Waals surface area contributed by atoms with Crippen LogP contribution in [0.2, 0.25) is 0 Å². The molecule has 0 saturated heterocycles. The van der Waals surface area contributed by atoms with Gasteiger partial charge in [0, 0.05) is 16.7 Å². The quantitative estimate of drug-likeness (QED) is 0.220. The molecule has 0 spiro atoms. The predicted molar refractivity (Wildman–Crippen MR) is 191 cm³/mol. The zero-order valence-corrected chi connectivity index (χ0v) is 27.5. The smallest absolute Gasteiger partial charge is 0.0159 e. The lowest BCUT2D eigenvalue weighted by Crippen LogP contribution is -2.24. The molecule has 4 aromatic carbocycles. The van der Waals surface area contributed by atoms with Crippen LogP contribution in [0, 0.1) is 5.92 Å². The van der Waals surface area contributed by atoms with Crippen molar-refractivity contribution >= 4 is 11.1 Å². The molecule has 0 bridgehead atoms. The maximum Gasteiger partial charge on any atom is 0.0159 e. The van der Waals surface area contributed by atoms with E-state index >= 15 is 0 Å². The zero-order chi connectivity index (χ0) is 30.9. The number of fused-ring (bicyclic) bond motifs is 8. The minimum absolute atomic E-state index is 0.0268. The molecule has 0 fully saturated rings. The van der Waals surface area contributed by atoms with Crippen LogP contribution in [0.25, 0.3) is 33.4 Å². The number of benzene rings is 4. The summed E-state index contributed by atoms with van der Waals surface area (Å²) in [7, 11) is 0. The van der Waals surface area contributed by atoms with Gasteiger partial charge in [-0.2, -0.15) is 0 Å². The molecule has 2 unspecified atom stereocenters. The van der Waals surface area contributed by atoms with E-state index in [1.165, 1.54) is 72.3 Å². The zero-order valence-electron chi connectivity index (χ0n) is 27.5. The van der Waals surface area contributed by atoms with Gasteiger partial charge in [-0.15, -0.1) is 0 Å². The van der Waals surface area contributed by atoms with Crippen molar-refractivity contribution < 1.29 is 0 Å². The van der Waals surface area contributed by atoms with Gasteiger partial charge >= 0.3 is 0 Å². The summed E-state index contributed by atoms with van der Waals surface area (Å²) >= 11 is 0. The molecule has 0 heterocycles. The van der Waals surface area contributed by atoms with E-state index in [9.17, 15) is 0 Å². The molecular weight excluding hydrogens is 540 g/mol. The molecule has 222 valence electrons. The standard InChI is InChI=1S/C45H42/c1-43(2)37-13-9-7-11-31(37)33-19-15-27(23-39(33)43)29-17-21-35-36-22-18-30(26-42(36)45(5,6)41(35)25-29)28-16-20-34-32-12-8-10-14-38(32)44(3,4)40(34)24-28/h7-17,19-21,23-26,31,37H,18,22H2,1-6H3. The van der Waals surface area contributed by atoms with Gasteiger partial charge in [-0.3, -0.25) is 0 Å². The predicted octanol–water partition coefficient (Wildman–Crippen LogP) is 11.7. The van der Waals surface area contributed by atoms with Crippen molar-refractivity contribution in [2.75, 3.05) is 0 Å². The molecule has 0 nitrogen and oxygen atoms in total. The fraction of sp³-hybridized carbons (Fsp3) is 0.289. The topological polar surface area (TPSA) is 0 Å². The summed E-state index contributed by atoms with van der Waals surface area (Å²) in [6.45, 7) is 14.5. The average molecular weight is 583 g/mol. The van der Waals surface area contributed by atoms with Crippen LogP contribution in [0.4, 0.5) is 0 Å². The van der Waals surface area contributed by atoms with Gasteiger partial charge in [0.1, 0.15) is 0 Å². The number of hydrogen-bond donors (Lipinski definition) is 0. The first kappa shape index (κ1) is 27.2. The summed E-state index contributed by atoms with van der Waals surface area (Å²) in [6.07, 6.45) is 14.0. The highest BCUT2D eigenvalue weighted by atomic mass is 14.5. The molecule has 4 aromatic rings. The van der Waals surface area contributed by atoms with Gasteiger partial charge in [0.15, 0.2) is 0 Å². The van der Waals surface area contributed by atoms with E-state index in [1.54, 1.807) is 5.57 Å². The molecule has 5 aliphatic rings. The van der Waals surface area contributed by atoms with Gasteiger partial charge in [0.05, 0.1) is 0 Å².